The molecule has 3 rings (SSSR count). The lowest BCUT2D eigenvalue weighted by molar-refractivity contribution is 0.121. The molecule has 1 N–H and O–H groups in total. The smallest absolute Gasteiger partial charge is 0.151 e. The largest absolute Gasteiger partial charge is 0.360 e. The Balaban J connectivity index is 1.48. The Morgan fingerprint density at radius 1 is 1.32 bits per heavy atom. The summed E-state index contributed by atoms with van der Waals surface area (Å²) < 4.78 is 5.45. The summed E-state index contributed by atoms with van der Waals surface area (Å²) in [6.07, 6.45) is 3.93. The Hall–Kier alpha value is -0.870. The Kier molecular flexibility index (Phi) is 3.89. The predicted molar refractivity (Wildman–Crippen MR) is 74.6 cm³/mol. The molecule has 1 saturated heterocycles. The van der Waals surface area contributed by atoms with E-state index in [9.17, 15) is 0 Å². The molecular formula is C15H25N3O. The summed E-state index contributed by atoms with van der Waals surface area (Å²) >= 11 is 0. The maximum absolute atomic E-state index is 5.45. The van der Waals surface area contributed by atoms with Crippen molar-refractivity contribution < 1.29 is 4.52 Å². The molecule has 2 heterocycles. The van der Waals surface area contributed by atoms with Gasteiger partial charge in [-0.1, -0.05) is 19.0 Å². The second-order valence-electron chi connectivity index (χ2n) is 6.42. The van der Waals surface area contributed by atoms with Crippen molar-refractivity contribution in [3.63, 3.8) is 0 Å². The summed E-state index contributed by atoms with van der Waals surface area (Å²) in [6, 6.07) is 2.84. The van der Waals surface area contributed by atoms with Crippen LogP contribution < -0.4 is 5.32 Å². The van der Waals surface area contributed by atoms with Crippen LogP contribution in [0.4, 0.5) is 0 Å². The number of hydrogen-bond acceptors (Lipinski definition) is 4. The molecule has 2 atom stereocenters. The first-order valence-electron chi connectivity index (χ1n) is 7.61. The SMILES string of the molecule is CC1CCN(Cc2cc(CNC3CC3)no2)CC1C. The first kappa shape index (κ1) is 13.1. The topological polar surface area (TPSA) is 41.3 Å². The average molecular weight is 263 g/mol. The number of hydrogen-bond donors (Lipinski definition) is 1. The number of rotatable bonds is 5. The second-order valence-corrected chi connectivity index (χ2v) is 6.42. The van der Waals surface area contributed by atoms with Gasteiger partial charge in [0.15, 0.2) is 5.76 Å². The van der Waals surface area contributed by atoms with Gasteiger partial charge in [-0.25, -0.2) is 0 Å². The summed E-state index contributed by atoms with van der Waals surface area (Å²) in [5.41, 5.74) is 1.04. The molecule has 1 saturated carbocycles. The summed E-state index contributed by atoms with van der Waals surface area (Å²) in [7, 11) is 0. The van der Waals surface area contributed by atoms with Gasteiger partial charge >= 0.3 is 0 Å². The van der Waals surface area contributed by atoms with Gasteiger partial charge in [-0.05, 0) is 37.6 Å². The van der Waals surface area contributed by atoms with E-state index in [4.69, 9.17) is 4.52 Å². The summed E-state index contributed by atoms with van der Waals surface area (Å²) in [4.78, 5) is 2.49. The van der Waals surface area contributed by atoms with Crippen LogP contribution in [0.25, 0.3) is 0 Å². The van der Waals surface area contributed by atoms with Crippen molar-refractivity contribution >= 4 is 0 Å². The van der Waals surface area contributed by atoms with Crippen molar-refractivity contribution in [2.24, 2.45) is 11.8 Å². The highest BCUT2D eigenvalue weighted by molar-refractivity contribution is 5.06. The maximum atomic E-state index is 5.45. The van der Waals surface area contributed by atoms with E-state index in [0.717, 1.165) is 42.4 Å². The van der Waals surface area contributed by atoms with Crippen LogP contribution >= 0.6 is 0 Å². The van der Waals surface area contributed by atoms with Crippen molar-refractivity contribution in [1.29, 1.82) is 0 Å². The molecule has 0 amide bonds. The fourth-order valence-corrected chi connectivity index (χ4v) is 2.76. The highest BCUT2D eigenvalue weighted by atomic mass is 16.5. The minimum Gasteiger partial charge on any atom is -0.360 e. The minimum atomic E-state index is 0.726. The van der Waals surface area contributed by atoms with E-state index in [1.54, 1.807) is 0 Å². The Morgan fingerprint density at radius 3 is 2.89 bits per heavy atom. The van der Waals surface area contributed by atoms with E-state index in [2.05, 4.69) is 35.3 Å². The Labute approximate surface area is 115 Å². The summed E-state index contributed by atoms with van der Waals surface area (Å²) in [5.74, 6) is 2.64. The van der Waals surface area contributed by atoms with Gasteiger partial charge in [-0.15, -0.1) is 0 Å². The molecule has 1 aliphatic carbocycles. The molecule has 4 heteroatoms. The summed E-state index contributed by atoms with van der Waals surface area (Å²) in [6.45, 7) is 8.83. The van der Waals surface area contributed by atoms with Gasteiger partial charge in [0.2, 0.25) is 0 Å². The normalized spacial score (nSPS) is 28.7. The zero-order chi connectivity index (χ0) is 13.2. The fourth-order valence-electron chi connectivity index (χ4n) is 2.76. The third-order valence-corrected chi connectivity index (χ3v) is 4.55. The Bertz CT molecular complexity index is 413. The summed E-state index contributed by atoms with van der Waals surface area (Å²) in [5, 5.41) is 7.62. The third kappa shape index (κ3) is 3.57. The predicted octanol–water partition coefficient (Wildman–Crippen LogP) is 2.40. The number of piperidine rings is 1. The van der Waals surface area contributed by atoms with Crippen molar-refractivity contribution in [3.05, 3.63) is 17.5 Å². The molecule has 0 radical (unpaired) electrons. The van der Waals surface area contributed by atoms with Gasteiger partial charge in [0.05, 0.1) is 12.2 Å². The number of aromatic nitrogens is 1. The van der Waals surface area contributed by atoms with Crippen molar-refractivity contribution in [2.75, 3.05) is 13.1 Å². The van der Waals surface area contributed by atoms with E-state index in [0.29, 0.717) is 0 Å². The van der Waals surface area contributed by atoms with E-state index in [1.807, 2.05) is 0 Å². The van der Waals surface area contributed by atoms with Crippen LogP contribution in [0, 0.1) is 11.8 Å². The minimum absolute atomic E-state index is 0.726. The van der Waals surface area contributed by atoms with Crippen molar-refractivity contribution in [3.8, 4) is 0 Å². The molecule has 1 aliphatic heterocycles. The molecule has 2 aliphatic rings. The molecule has 106 valence electrons. The van der Waals surface area contributed by atoms with Gasteiger partial charge < -0.3 is 9.84 Å². The molecule has 1 aromatic rings. The standard InChI is InChI=1S/C15H25N3O/c1-11-5-6-18(9-12(11)2)10-15-7-14(17-19-15)8-16-13-3-4-13/h7,11-13,16H,3-6,8-10H2,1-2H3. The lowest BCUT2D eigenvalue weighted by Crippen LogP contribution is -2.37. The molecule has 2 unspecified atom stereocenters. The highest BCUT2D eigenvalue weighted by Gasteiger charge is 2.24. The van der Waals surface area contributed by atoms with Crippen LogP contribution in [0.3, 0.4) is 0 Å². The molecule has 0 aromatic carbocycles. The lowest BCUT2D eigenvalue weighted by atomic mass is 9.89. The zero-order valence-electron chi connectivity index (χ0n) is 12.1. The van der Waals surface area contributed by atoms with Crippen LogP contribution in [0.1, 0.15) is 44.6 Å². The van der Waals surface area contributed by atoms with Crippen LogP contribution in [0.5, 0.6) is 0 Å². The van der Waals surface area contributed by atoms with Crippen LogP contribution in [-0.4, -0.2) is 29.2 Å². The van der Waals surface area contributed by atoms with E-state index in [-0.39, 0.29) is 0 Å². The highest BCUT2D eigenvalue weighted by Crippen LogP contribution is 2.24. The van der Waals surface area contributed by atoms with Gasteiger partial charge in [-0.3, -0.25) is 4.90 Å². The molecule has 0 spiro atoms. The van der Waals surface area contributed by atoms with Crippen molar-refractivity contribution in [2.45, 2.75) is 52.2 Å². The van der Waals surface area contributed by atoms with E-state index in [1.165, 1.54) is 32.4 Å². The monoisotopic (exact) mass is 263 g/mol. The first-order chi connectivity index (χ1) is 9.20. The molecule has 1 aromatic heterocycles. The fraction of sp³-hybridized carbons (Fsp3) is 0.800. The van der Waals surface area contributed by atoms with Gasteiger partial charge in [-0.2, -0.15) is 0 Å². The van der Waals surface area contributed by atoms with E-state index >= 15 is 0 Å². The number of nitrogens with zero attached hydrogens (tertiary/aromatic N) is 2. The quantitative estimate of drug-likeness (QED) is 0.885. The molecule has 2 fully saturated rings. The maximum Gasteiger partial charge on any atom is 0.151 e. The lowest BCUT2D eigenvalue weighted by Gasteiger charge is -2.34. The van der Waals surface area contributed by atoms with Crippen LogP contribution in [0.2, 0.25) is 0 Å². The van der Waals surface area contributed by atoms with Crippen LogP contribution in [0.15, 0.2) is 10.6 Å². The molecular weight excluding hydrogens is 238 g/mol. The van der Waals surface area contributed by atoms with Crippen molar-refractivity contribution in [1.82, 2.24) is 15.4 Å². The van der Waals surface area contributed by atoms with Gasteiger partial charge in [0.1, 0.15) is 0 Å². The number of nitrogens with one attached hydrogen (secondary N) is 1. The third-order valence-electron chi connectivity index (χ3n) is 4.55. The van der Waals surface area contributed by atoms with Gasteiger partial charge in [0, 0.05) is 25.2 Å². The Morgan fingerprint density at radius 2 is 2.16 bits per heavy atom. The van der Waals surface area contributed by atoms with E-state index < -0.39 is 0 Å². The molecule has 4 nitrogen and oxygen atoms in total. The average Bonchev–Trinajstić information content (AvgIpc) is 3.12. The zero-order valence-corrected chi connectivity index (χ0v) is 12.1. The number of likely N-dealkylation sites (tertiary alicyclic amines) is 1. The second kappa shape index (κ2) is 5.63. The first-order valence-corrected chi connectivity index (χ1v) is 7.61. The van der Waals surface area contributed by atoms with Gasteiger partial charge in [0.25, 0.3) is 0 Å². The van der Waals surface area contributed by atoms with Crippen LogP contribution in [-0.2, 0) is 13.1 Å². The molecule has 0 bridgehead atoms. The molecule has 19 heavy (non-hydrogen) atoms.